The van der Waals surface area contributed by atoms with Crippen molar-refractivity contribution in [3.63, 3.8) is 0 Å². The number of hydrogen-bond donors (Lipinski definition) is 2. The van der Waals surface area contributed by atoms with Crippen molar-refractivity contribution in [1.29, 1.82) is 0 Å². The Morgan fingerprint density at radius 2 is 1.89 bits per heavy atom. The molecule has 1 saturated carbocycles. The van der Waals surface area contributed by atoms with E-state index in [1.165, 1.54) is 6.26 Å². The normalized spacial score (nSPS) is 13.7. The van der Waals surface area contributed by atoms with Gasteiger partial charge in [-0.05, 0) is 72.0 Å². The van der Waals surface area contributed by atoms with Gasteiger partial charge in [0.05, 0.1) is 5.75 Å². The monoisotopic (exact) mass is 502 g/mol. The van der Waals surface area contributed by atoms with Crippen molar-refractivity contribution >= 4 is 38.2 Å². The fourth-order valence-electron chi connectivity index (χ4n) is 4.09. The maximum absolute atomic E-state index is 12.7. The molecule has 4 aromatic rings. The Balaban J connectivity index is 1.31. The van der Waals surface area contributed by atoms with E-state index in [1.807, 2.05) is 42.5 Å². The molecular formula is C27H26N4O4S. The maximum atomic E-state index is 12.7. The first-order valence-corrected chi connectivity index (χ1v) is 13.8. The third-order valence-corrected chi connectivity index (χ3v) is 6.86. The second kappa shape index (κ2) is 9.94. The van der Waals surface area contributed by atoms with Gasteiger partial charge in [-0.25, -0.2) is 13.4 Å². The molecule has 1 aliphatic carbocycles. The molecule has 0 atom stereocenters. The fraction of sp³-hybridized carbons (Fsp3) is 0.222. The summed E-state index contributed by atoms with van der Waals surface area (Å²) in [4.78, 5) is 21.4. The molecular weight excluding hydrogens is 476 g/mol. The van der Waals surface area contributed by atoms with E-state index in [0.29, 0.717) is 34.4 Å². The second-order valence-electron chi connectivity index (χ2n) is 9.01. The Hall–Kier alpha value is -3.98. The van der Waals surface area contributed by atoms with Crippen LogP contribution in [0.2, 0.25) is 0 Å². The zero-order valence-corrected chi connectivity index (χ0v) is 20.6. The molecule has 1 amide bonds. The van der Waals surface area contributed by atoms with Crippen molar-refractivity contribution in [3.8, 4) is 11.6 Å². The summed E-state index contributed by atoms with van der Waals surface area (Å²) in [6.07, 6.45) is 6.02. The van der Waals surface area contributed by atoms with Gasteiger partial charge in [0.25, 0.3) is 5.91 Å². The largest absolute Gasteiger partial charge is 0.439 e. The van der Waals surface area contributed by atoms with Crippen LogP contribution in [-0.4, -0.2) is 36.6 Å². The molecule has 1 heterocycles. The predicted molar refractivity (Wildman–Crippen MR) is 139 cm³/mol. The average molecular weight is 503 g/mol. The summed E-state index contributed by atoms with van der Waals surface area (Å²) < 4.78 is 29.2. The number of carbonyl (C=O) groups is 1. The van der Waals surface area contributed by atoms with Gasteiger partial charge in [-0.2, -0.15) is 4.98 Å². The first-order valence-electron chi connectivity index (χ1n) is 11.7. The Morgan fingerprint density at radius 1 is 1.06 bits per heavy atom. The molecule has 0 saturated heterocycles. The van der Waals surface area contributed by atoms with Crippen LogP contribution < -0.4 is 15.4 Å². The summed E-state index contributed by atoms with van der Waals surface area (Å²) in [6.45, 7) is 0. The van der Waals surface area contributed by atoms with Crippen molar-refractivity contribution in [1.82, 2.24) is 15.3 Å². The zero-order chi connectivity index (χ0) is 25.1. The maximum Gasteiger partial charge on any atom is 0.252 e. The van der Waals surface area contributed by atoms with Gasteiger partial charge in [0.15, 0.2) is 9.84 Å². The highest BCUT2D eigenvalue weighted by Crippen LogP contribution is 2.28. The Kier molecular flexibility index (Phi) is 6.56. The molecule has 1 aromatic heterocycles. The molecule has 0 bridgehead atoms. The van der Waals surface area contributed by atoms with Crippen molar-refractivity contribution in [2.45, 2.75) is 31.1 Å². The lowest BCUT2D eigenvalue weighted by molar-refractivity contribution is 0.0918. The van der Waals surface area contributed by atoms with Crippen molar-refractivity contribution < 1.29 is 17.9 Å². The van der Waals surface area contributed by atoms with Crippen LogP contribution >= 0.6 is 0 Å². The van der Waals surface area contributed by atoms with E-state index in [4.69, 9.17) is 4.74 Å². The number of carbonyl (C=O) groups excluding carboxylic acids is 1. The number of nitrogens with one attached hydrogen (secondary N) is 2. The number of sulfone groups is 1. The minimum atomic E-state index is -3.14. The molecule has 8 nitrogen and oxygen atoms in total. The van der Waals surface area contributed by atoms with Crippen LogP contribution in [-0.2, 0) is 15.6 Å². The highest BCUT2D eigenvalue weighted by Gasteiger charge is 2.21. The molecule has 184 valence electrons. The Labute approximate surface area is 209 Å². The Morgan fingerprint density at radius 3 is 2.67 bits per heavy atom. The third-order valence-electron chi connectivity index (χ3n) is 6.00. The minimum Gasteiger partial charge on any atom is -0.439 e. The van der Waals surface area contributed by atoms with Gasteiger partial charge in [-0.15, -0.1) is 0 Å². The SMILES string of the molecule is CS(=O)(=O)Cc1cccc(Nc2nccc(Oc3ccc4c(C(=O)NC5CCC5)cccc4c3)n2)c1. The van der Waals surface area contributed by atoms with Crippen molar-refractivity contribution in [2.75, 3.05) is 11.6 Å². The zero-order valence-electron chi connectivity index (χ0n) is 19.8. The minimum absolute atomic E-state index is 0.0432. The number of aromatic nitrogens is 2. The fourth-order valence-corrected chi connectivity index (χ4v) is 4.87. The van der Waals surface area contributed by atoms with E-state index in [-0.39, 0.29) is 17.7 Å². The van der Waals surface area contributed by atoms with E-state index in [1.54, 1.807) is 30.5 Å². The van der Waals surface area contributed by atoms with Crippen LogP contribution in [0.1, 0.15) is 35.2 Å². The molecule has 5 rings (SSSR count). The highest BCUT2D eigenvalue weighted by molar-refractivity contribution is 7.89. The van der Waals surface area contributed by atoms with Crippen LogP contribution in [0.4, 0.5) is 11.6 Å². The molecule has 1 fully saturated rings. The lowest BCUT2D eigenvalue weighted by atomic mass is 9.92. The molecule has 1 aliphatic rings. The van der Waals surface area contributed by atoms with Gasteiger partial charge in [0.1, 0.15) is 5.75 Å². The molecule has 0 aliphatic heterocycles. The summed E-state index contributed by atoms with van der Waals surface area (Å²) in [5, 5.41) is 7.94. The number of rotatable bonds is 8. The molecule has 0 spiro atoms. The summed E-state index contributed by atoms with van der Waals surface area (Å²) in [6, 6.07) is 20.2. The van der Waals surface area contributed by atoms with Gasteiger partial charge in [-0.3, -0.25) is 4.79 Å². The van der Waals surface area contributed by atoms with Crippen molar-refractivity contribution in [2.24, 2.45) is 0 Å². The van der Waals surface area contributed by atoms with E-state index < -0.39 is 9.84 Å². The van der Waals surface area contributed by atoms with Gasteiger partial charge >= 0.3 is 0 Å². The van der Waals surface area contributed by atoms with Gasteiger partial charge < -0.3 is 15.4 Å². The first kappa shape index (κ1) is 23.7. The third kappa shape index (κ3) is 5.80. The van der Waals surface area contributed by atoms with Crippen LogP contribution in [0.25, 0.3) is 10.8 Å². The van der Waals surface area contributed by atoms with Crippen molar-refractivity contribution in [3.05, 3.63) is 84.1 Å². The van der Waals surface area contributed by atoms with Crippen LogP contribution in [0.15, 0.2) is 72.9 Å². The number of nitrogens with zero attached hydrogens (tertiary/aromatic N) is 2. The van der Waals surface area contributed by atoms with E-state index in [0.717, 1.165) is 30.0 Å². The second-order valence-corrected chi connectivity index (χ2v) is 11.1. The highest BCUT2D eigenvalue weighted by atomic mass is 32.2. The van der Waals surface area contributed by atoms with E-state index >= 15 is 0 Å². The summed E-state index contributed by atoms with van der Waals surface area (Å²) >= 11 is 0. The molecule has 3 aromatic carbocycles. The number of ether oxygens (including phenoxy) is 1. The molecule has 0 radical (unpaired) electrons. The first-order chi connectivity index (χ1) is 17.3. The standard InChI is InChI=1S/C27H26N4O4S/c1-36(33,34)17-18-5-2-9-21(15-18)30-27-28-14-13-25(31-27)35-22-11-12-23-19(16-22)6-3-10-24(23)26(32)29-20-7-4-8-20/h2-3,5-6,9-16,20H,4,7-8,17H2,1H3,(H,29,32)(H,28,30,31). The van der Waals surface area contributed by atoms with E-state index in [2.05, 4.69) is 20.6 Å². The molecule has 0 unspecified atom stereocenters. The van der Waals surface area contributed by atoms with Crippen LogP contribution in [0.3, 0.4) is 0 Å². The van der Waals surface area contributed by atoms with Gasteiger partial charge in [0, 0.05) is 35.8 Å². The number of fused-ring (bicyclic) bond motifs is 1. The quantitative estimate of drug-likeness (QED) is 0.349. The summed E-state index contributed by atoms with van der Waals surface area (Å²) in [5.74, 6) is 1.15. The van der Waals surface area contributed by atoms with E-state index in [9.17, 15) is 13.2 Å². The lowest BCUT2D eigenvalue weighted by Gasteiger charge is -2.26. The summed E-state index contributed by atoms with van der Waals surface area (Å²) in [5.41, 5.74) is 2.00. The van der Waals surface area contributed by atoms with Crippen LogP contribution in [0, 0.1) is 0 Å². The Bertz CT molecular complexity index is 1530. The average Bonchev–Trinajstić information content (AvgIpc) is 2.80. The number of amides is 1. The molecule has 2 N–H and O–H groups in total. The summed E-state index contributed by atoms with van der Waals surface area (Å²) in [7, 11) is -3.14. The number of anilines is 2. The number of benzene rings is 3. The topological polar surface area (TPSA) is 110 Å². The molecule has 36 heavy (non-hydrogen) atoms. The predicted octanol–water partition coefficient (Wildman–Crippen LogP) is 4.99. The van der Waals surface area contributed by atoms with Gasteiger partial charge in [0.2, 0.25) is 11.8 Å². The smallest absolute Gasteiger partial charge is 0.252 e. The molecule has 9 heteroatoms. The number of hydrogen-bond acceptors (Lipinski definition) is 7. The van der Waals surface area contributed by atoms with Gasteiger partial charge in [-0.1, -0.05) is 24.3 Å². The lowest BCUT2D eigenvalue weighted by Crippen LogP contribution is -2.39. The van der Waals surface area contributed by atoms with Crippen LogP contribution in [0.5, 0.6) is 11.6 Å².